The molecule has 42 heavy (non-hydrogen) atoms. The molecule has 2 aliphatic rings. The molecule has 1 N–H and O–H groups in total. The molecule has 2 aromatic heterocycles. The number of carbonyl (C=O) groups excluding carboxylic acids is 2. The molecule has 2 atom stereocenters. The number of alkyl halides is 2. The maximum atomic E-state index is 14.5. The van der Waals surface area contributed by atoms with E-state index >= 15 is 0 Å². The molecule has 1 saturated carbocycles. The van der Waals surface area contributed by atoms with Gasteiger partial charge in [0.05, 0.1) is 35.5 Å². The summed E-state index contributed by atoms with van der Waals surface area (Å²) in [5.41, 5.74) is 0.841. The summed E-state index contributed by atoms with van der Waals surface area (Å²) in [6.07, 6.45) is 1.92. The van der Waals surface area contributed by atoms with Crippen molar-refractivity contribution in [2.75, 3.05) is 15.0 Å². The molecular weight excluding hydrogens is 573 g/mol. The molecule has 1 unspecified atom stereocenters. The van der Waals surface area contributed by atoms with Gasteiger partial charge in [0.15, 0.2) is 0 Å². The van der Waals surface area contributed by atoms with Crippen LogP contribution in [0.25, 0.3) is 0 Å². The average Bonchev–Trinajstić information content (AvgIpc) is 3.25. The molecule has 218 valence electrons. The smallest absolute Gasteiger partial charge is 0.252 e. The second-order valence-electron chi connectivity index (χ2n) is 10.2. The number of anilines is 2. The van der Waals surface area contributed by atoms with Crippen LogP contribution < -0.4 is 14.5 Å². The van der Waals surface area contributed by atoms with Crippen molar-refractivity contribution in [1.29, 1.82) is 5.26 Å². The van der Waals surface area contributed by atoms with Gasteiger partial charge in [0, 0.05) is 31.1 Å². The van der Waals surface area contributed by atoms with Gasteiger partial charge in [0.2, 0.25) is 15.9 Å². The second-order valence-corrected chi connectivity index (χ2v) is 12.2. The monoisotopic (exact) mass is 598 g/mol. The average molecular weight is 599 g/mol. The first-order valence-corrected chi connectivity index (χ1v) is 14.6. The van der Waals surface area contributed by atoms with Gasteiger partial charge in [0.1, 0.15) is 23.7 Å². The fraction of sp³-hybridized carbons (Fsp3) is 0.321. The van der Waals surface area contributed by atoms with Crippen molar-refractivity contribution in [3.8, 4) is 6.07 Å². The normalized spacial score (nSPS) is 19.8. The lowest BCUT2D eigenvalue weighted by Gasteiger charge is -2.39. The number of hydrogen-bond acceptors (Lipinski definition) is 7. The minimum atomic E-state index is -4.09. The Balaban J connectivity index is 1.63. The van der Waals surface area contributed by atoms with E-state index in [1.807, 2.05) is 6.07 Å². The van der Waals surface area contributed by atoms with Gasteiger partial charge in [0.25, 0.3) is 11.8 Å². The lowest BCUT2D eigenvalue weighted by atomic mass is 9.87. The lowest BCUT2D eigenvalue weighted by Crippen LogP contribution is -2.56. The number of nitrogens with one attached hydrogen (secondary N) is 1. The van der Waals surface area contributed by atoms with Gasteiger partial charge in [-0.1, -0.05) is 24.3 Å². The van der Waals surface area contributed by atoms with E-state index in [1.165, 1.54) is 18.3 Å². The highest BCUT2D eigenvalue weighted by molar-refractivity contribution is 7.93. The van der Waals surface area contributed by atoms with E-state index in [9.17, 15) is 36.4 Å². The maximum absolute atomic E-state index is 14.5. The van der Waals surface area contributed by atoms with Crippen LogP contribution in [-0.2, 0) is 19.6 Å². The Labute approximate surface area is 239 Å². The summed E-state index contributed by atoms with van der Waals surface area (Å²) in [6.45, 7) is 1.68. The third-order valence-corrected chi connectivity index (χ3v) is 9.04. The first-order valence-electron chi connectivity index (χ1n) is 13.0. The number of benzene rings is 1. The Morgan fingerprint density at radius 1 is 1.19 bits per heavy atom. The Morgan fingerprint density at radius 3 is 2.60 bits per heavy atom. The van der Waals surface area contributed by atoms with Crippen LogP contribution in [0.2, 0.25) is 0 Å². The number of nitriles is 1. The predicted octanol–water partition coefficient (Wildman–Crippen LogP) is 3.39. The fourth-order valence-corrected chi connectivity index (χ4v) is 6.92. The minimum absolute atomic E-state index is 0.106. The quantitative estimate of drug-likeness (QED) is 0.440. The van der Waals surface area contributed by atoms with Crippen molar-refractivity contribution in [2.45, 2.75) is 50.2 Å². The third-order valence-electron chi connectivity index (χ3n) is 7.25. The van der Waals surface area contributed by atoms with E-state index in [2.05, 4.69) is 15.3 Å². The van der Waals surface area contributed by atoms with Gasteiger partial charge in [-0.15, -0.1) is 0 Å². The largest absolute Gasteiger partial charge is 0.351 e. The van der Waals surface area contributed by atoms with Crippen LogP contribution in [0.1, 0.15) is 42.0 Å². The Hall–Kier alpha value is -4.51. The van der Waals surface area contributed by atoms with Crippen molar-refractivity contribution < 1.29 is 31.2 Å². The Morgan fingerprint density at radius 2 is 1.93 bits per heavy atom. The molecule has 10 nitrogen and oxygen atoms in total. The molecule has 2 amide bonds. The van der Waals surface area contributed by atoms with Gasteiger partial charge >= 0.3 is 0 Å². The summed E-state index contributed by atoms with van der Waals surface area (Å²) in [6, 6.07) is 8.27. The highest BCUT2D eigenvalue weighted by Crippen LogP contribution is 2.39. The zero-order valence-corrected chi connectivity index (χ0v) is 23.1. The number of sulfonamides is 1. The van der Waals surface area contributed by atoms with E-state index in [0.29, 0.717) is 11.1 Å². The summed E-state index contributed by atoms with van der Waals surface area (Å²) in [4.78, 5) is 37.2. The van der Waals surface area contributed by atoms with Crippen molar-refractivity contribution >= 4 is 33.3 Å². The molecule has 1 aliphatic carbocycles. The van der Waals surface area contributed by atoms with Gasteiger partial charge < -0.3 is 5.32 Å². The topological polar surface area (TPSA) is 136 Å². The molecule has 1 aliphatic heterocycles. The van der Waals surface area contributed by atoms with Gasteiger partial charge in [-0.2, -0.15) is 5.26 Å². The molecule has 0 radical (unpaired) electrons. The number of hydrogen-bond donors (Lipinski definition) is 1. The summed E-state index contributed by atoms with van der Waals surface area (Å²) in [5.74, 6) is -6.06. The fourth-order valence-electron chi connectivity index (χ4n) is 5.24. The molecule has 0 spiro atoms. The number of carbonyl (C=O) groups is 2. The first kappa shape index (κ1) is 29.0. The number of nitrogens with zero attached hydrogens (tertiary/aromatic N) is 5. The molecule has 1 aromatic carbocycles. The SMILES string of the molecule is Cc1ccccc1C(C(=O)NC1CC(F)(F)C1)N(C(=O)[C@@H]1CCS(=O)(=O)N1c1cc(C#N)ccn1)c1cncc(F)c1. The predicted molar refractivity (Wildman–Crippen MR) is 145 cm³/mol. The summed E-state index contributed by atoms with van der Waals surface area (Å²) < 4.78 is 68.9. The Kier molecular flexibility index (Phi) is 7.63. The second kappa shape index (κ2) is 11.1. The van der Waals surface area contributed by atoms with Crippen LogP contribution in [0.5, 0.6) is 0 Å². The highest BCUT2D eigenvalue weighted by atomic mass is 32.2. The van der Waals surface area contributed by atoms with Crippen LogP contribution in [0.3, 0.4) is 0 Å². The van der Waals surface area contributed by atoms with E-state index in [1.54, 1.807) is 31.2 Å². The van der Waals surface area contributed by atoms with Gasteiger partial charge in [-0.05, 0) is 36.6 Å². The molecule has 3 heterocycles. The molecule has 0 bridgehead atoms. The molecule has 5 rings (SSSR count). The summed E-state index contributed by atoms with van der Waals surface area (Å²) >= 11 is 0. The lowest BCUT2D eigenvalue weighted by molar-refractivity contribution is -0.133. The van der Waals surface area contributed by atoms with Crippen LogP contribution in [0.4, 0.5) is 24.7 Å². The number of aromatic nitrogens is 2. The van der Waals surface area contributed by atoms with Crippen LogP contribution >= 0.6 is 0 Å². The molecular formula is C28H25F3N6O4S. The summed E-state index contributed by atoms with van der Waals surface area (Å²) in [5, 5.41) is 11.9. The zero-order valence-electron chi connectivity index (χ0n) is 22.2. The standard InChI is InChI=1S/C28H25F3N6O4S/c1-17-4-2-3-5-22(17)25(26(38)35-20-12-28(30,31)13-20)36(21-11-19(29)15-33-16-21)27(39)23-7-9-42(40,41)37(23)24-10-18(14-32)6-8-34-24/h2-6,8,10-11,15-16,20,23,25H,7,9,12-13H2,1H3,(H,35,38)/t23-,25?/m0/s1. The molecule has 14 heteroatoms. The number of rotatable bonds is 7. The molecule has 3 aromatic rings. The van der Waals surface area contributed by atoms with Crippen LogP contribution in [-0.4, -0.2) is 54.0 Å². The zero-order chi connectivity index (χ0) is 30.2. The minimum Gasteiger partial charge on any atom is -0.351 e. The van der Waals surface area contributed by atoms with Crippen LogP contribution in [0, 0.1) is 24.1 Å². The van der Waals surface area contributed by atoms with E-state index < -0.39 is 70.3 Å². The van der Waals surface area contributed by atoms with Crippen LogP contribution in [0.15, 0.2) is 61.1 Å². The molecule has 1 saturated heterocycles. The Bertz CT molecular complexity index is 1690. The van der Waals surface area contributed by atoms with Crippen molar-refractivity contribution in [2.24, 2.45) is 0 Å². The van der Waals surface area contributed by atoms with Crippen molar-refractivity contribution in [3.05, 3.63) is 83.6 Å². The third kappa shape index (κ3) is 5.64. The maximum Gasteiger partial charge on any atom is 0.252 e. The van der Waals surface area contributed by atoms with E-state index in [0.717, 1.165) is 27.7 Å². The summed E-state index contributed by atoms with van der Waals surface area (Å²) in [7, 11) is -4.09. The van der Waals surface area contributed by atoms with E-state index in [-0.39, 0.29) is 23.5 Å². The van der Waals surface area contributed by atoms with E-state index in [4.69, 9.17) is 0 Å². The first-order chi connectivity index (χ1) is 19.9. The number of pyridine rings is 2. The van der Waals surface area contributed by atoms with Crippen molar-refractivity contribution in [3.63, 3.8) is 0 Å². The number of amides is 2. The molecule has 2 fully saturated rings. The highest BCUT2D eigenvalue weighted by Gasteiger charge is 2.49. The van der Waals surface area contributed by atoms with Crippen molar-refractivity contribution in [1.82, 2.24) is 15.3 Å². The number of aryl methyl sites for hydroxylation is 1. The van der Waals surface area contributed by atoms with Gasteiger partial charge in [-0.25, -0.2) is 30.9 Å². The number of halogens is 3. The van der Waals surface area contributed by atoms with Gasteiger partial charge in [-0.3, -0.25) is 19.5 Å².